The predicted molar refractivity (Wildman–Crippen MR) is 113 cm³/mol. The molecule has 2 aromatic heterocycles. The third-order valence-corrected chi connectivity index (χ3v) is 5.22. The van der Waals surface area contributed by atoms with Crippen LogP contribution in [0.25, 0.3) is 5.57 Å². The van der Waals surface area contributed by atoms with E-state index < -0.39 is 0 Å². The van der Waals surface area contributed by atoms with Gasteiger partial charge in [-0.15, -0.1) is 0 Å². The van der Waals surface area contributed by atoms with Gasteiger partial charge in [0.2, 0.25) is 0 Å². The van der Waals surface area contributed by atoms with E-state index in [9.17, 15) is 9.59 Å². The second kappa shape index (κ2) is 8.78. The molecule has 6 nitrogen and oxygen atoms in total. The highest BCUT2D eigenvalue weighted by atomic mass is 16.3. The molecule has 0 spiro atoms. The van der Waals surface area contributed by atoms with E-state index in [1.807, 2.05) is 54.3 Å². The largest absolute Gasteiger partial charge is 0.467 e. The first-order chi connectivity index (χ1) is 14.7. The van der Waals surface area contributed by atoms with Gasteiger partial charge in [-0.25, -0.2) is 0 Å². The van der Waals surface area contributed by atoms with Gasteiger partial charge >= 0.3 is 0 Å². The Hall–Kier alpha value is -3.67. The molecule has 6 heteroatoms. The standard InChI is InChI=1S/C24H23N3O3/c1-2-26(15-12-18-10-13-25-14-11-18)22-21(19-7-4-3-5-8-19)23(28)27(24(22)29)17-20-9-6-16-30-20/h3-11,13-14,16H,2,12,15,17H2,1H3. The van der Waals surface area contributed by atoms with E-state index in [0.29, 0.717) is 30.1 Å². The normalized spacial score (nSPS) is 14.0. The van der Waals surface area contributed by atoms with Crippen molar-refractivity contribution in [1.82, 2.24) is 14.8 Å². The number of carbonyl (C=O) groups is 2. The molecule has 152 valence electrons. The molecule has 0 fully saturated rings. The van der Waals surface area contributed by atoms with Crippen molar-refractivity contribution in [3.8, 4) is 0 Å². The fourth-order valence-electron chi connectivity index (χ4n) is 3.67. The molecule has 1 aromatic carbocycles. The molecule has 30 heavy (non-hydrogen) atoms. The Morgan fingerprint density at radius 1 is 0.967 bits per heavy atom. The van der Waals surface area contributed by atoms with Crippen LogP contribution in [0.5, 0.6) is 0 Å². The minimum absolute atomic E-state index is 0.117. The zero-order chi connectivity index (χ0) is 20.9. The molecule has 3 aromatic rings. The van der Waals surface area contributed by atoms with Crippen molar-refractivity contribution >= 4 is 17.4 Å². The Kier molecular flexibility index (Phi) is 5.75. The Morgan fingerprint density at radius 2 is 1.73 bits per heavy atom. The summed E-state index contributed by atoms with van der Waals surface area (Å²) in [6.07, 6.45) is 5.81. The summed E-state index contributed by atoms with van der Waals surface area (Å²) in [5.41, 5.74) is 2.78. The van der Waals surface area contributed by atoms with Gasteiger partial charge in [0.15, 0.2) is 0 Å². The summed E-state index contributed by atoms with van der Waals surface area (Å²) in [5, 5.41) is 0. The van der Waals surface area contributed by atoms with Gasteiger partial charge in [-0.1, -0.05) is 30.3 Å². The minimum atomic E-state index is -0.292. The van der Waals surface area contributed by atoms with Crippen molar-refractivity contribution in [2.45, 2.75) is 19.9 Å². The molecular formula is C24H23N3O3. The van der Waals surface area contributed by atoms with Gasteiger partial charge in [0.25, 0.3) is 11.8 Å². The number of benzene rings is 1. The molecule has 1 aliphatic rings. The Balaban J connectivity index is 1.68. The van der Waals surface area contributed by atoms with Crippen LogP contribution in [0.15, 0.2) is 83.4 Å². The zero-order valence-electron chi connectivity index (χ0n) is 16.8. The average molecular weight is 401 g/mol. The van der Waals surface area contributed by atoms with Gasteiger partial charge in [0.05, 0.1) is 18.4 Å². The van der Waals surface area contributed by atoms with Crippen molar-refractivity contribution in [1.29, 1.82) is 0 Å². The van der Waals surface area contributed by atoms with Crippen LogP contribution >= 0.6 is 0 Å². The number of hydrogen-bond donors (Lipinski definition) is 0. The monoisotopic (exact) mass is 401 g/mol. The number of nitrogens with zero attached hydrogens (tertiary/aromatic N) is 3. The van der Waals surface area contributed by atoms with E-state index in [1.165, 1.54) is 4.90 Å². The topological polar surface area (TPSA) is 66.7 Å². The smallest absolute Gasteiger partial charge is 0.278 e. The molecule has 0 radical (unpaired) electrons. The summed E-state index contributed by atoms with van der Waals surface area (Å²) in [5.74, 6) is -0.00279. The molecule has 0 atom stereocenters. The first-order valence-electron chi connectivity index (χ1n) is 10.0. The van der Waals surface area contributed by atoms with E-state index in [2.05, 4.69) is 4.98 Å². The van der Waals surface area contributed by atoms with E-state index in [4.69, 9.17) is 4.42 Å². The molecule has 0 saturated carbocycles. The lowest BCUT2D eigenvalue weighted by atomic mass is 10.0. The quantitative estimate of drug-likeness (QED) is 0.541. The SMILES string of the molecule is CCN(CCc1ccncc1)C1=C(c2ccccc2)C(=O)N(Cc2ccco2)C1=O. The summed E-state index contributed by atoms with van der Waals surface area (Å²) in [6.45, 7) is 3.35. The second-order valence-electron chi connectivity index (χ2n) is 7.05. The fraction of sp³-hybridized carbons (Fsp3) is 0.208. The maximum absolute atomic E-state index is 13.4. The summed E-state index contributed by atoms with van der Waals surface area (Å²) >= 11 is 0. The van der Waals surface area contributed by atoms with Crippen molar-refractivity contribution in [3.63, 3.8) is 0 Å². The van der Waals surface area contributed by atoms with E-state index in [-0.39, 0.29) is 18.4 Å². The Morgan fingerprint density at radius 3 is 2.40 bits per heavy atom. The number of carbonyl (C=O) groups excluding carboxylic acids is 2. The lowest BCUT2D eigenvalue weighted by molar-refractivity contribution is -0.138. The van der Waals surface area contributed by atoms with Crippen molar-refractivity contribution in [2.24, 2.45) is 0 Å². The summed E-state index contributed by atoms with van der Waals surface area (Å²) < 4.78 is 5.38. The summed E-state index contributed by atoms with van der Waals surface area (Å²) in [4.78, 5) is 34.0. The number of imide groups is 1. The molecule has 0 N–H and O–H groups in total. The van der Waals surface area contributed by atoms with Gasteiger partial charge in [0.1, 0.15) is 11.5 Å². The number of hydrogen-bond acceptors (Lipinski definition) is 5. The maximum Gasteiger partial charge on any atom is 0.278 e. The van der Waals surface area contributed by atoms with Crippen LogP contribution in [0.1, 0.15) is 23.8 Å². The van der Waals surface area contributed by atoms with Gasteiger partial charge in [0, 0.05) is 25.5 Å². The van der Waals surface area contributed by atoms with Gasteiger partial charge in [-0.3, -0.25) is 19.5 Å². The van der Waals surface area contributed by atoms with E-state index in [1.54, 1.807) is 30.8 Å². The summed E-state index contributed by atoms with van der Waals surface area (Å²) in [7, 11) is 0. The van der Waals surface area contributed by atoms with Gasteiger partial charge in [-0.2, -0.15) is 0 Å². The van der Waals surface area contributed by atoms with Crippen LogP contribution in [-0.2, 0) is 22.6 Å². The highest BCUT2D eigenvalue weighted by Gasteiger charge is 2.41. The molecule has 2 amide bonds. The molecule has 0 aliphatic carbocycles. The van der Waals surface area contributed by atoms with Crippen LogP contribution in [0.4, 0.5) is 0 Å². The summed E-state index contributed by atoms with van der Waals surface area (Å²) in [6, 6.07) is 16.8. The van der Waals surface area contributed by atoms with Crippen LogP contribution in [-0.4, -0.2) is 39.7 Å². The molecule has 3 heterocycles. The minimum Gasteiger partial charge on any atom is -0.467 e. The Labute approximate surface area is 175 Å². The lowest BCUT2D eigenvalue weighted by Crippen LogP contribution is -2.35. The molecular weight excluding hydrogens is 378 g/mol. The third-order valence-electron chi connectivity index (χ3n) is 5.22. The molecule has 4 rings (SSSR count). The van der Waals surface area contributed by atoms with Crippen LogP contribution < -0.4 is 0 Å². The van der Waals surface area contributed by atoms with Crippen molar-refractivity contribution in [3.05, 3.63) is 95.8 Å². The number of pyridine rings is 1. The van der Waals surface area contributed by atoms with Crippen LogP contribution in [0.3, 0.4) is 0 Å². The fourth-order valence-corrected chi connectivity index (χ4v) is 3.67. The first kappa shape index (κ1) is 19.6. The Bertz CT molecular complexity index is 1040. The van der Waals surface area contributed by atoms with E-state index in [0.717, 1.165) is 17.5 Å². The molecule has 0 unspecified atom stereocenters. The lowest BCUT2D eigenvalue weighted by Gasteiger charge is -2.24. The van der Waals surface area contributed by atoms with Crippen molar-refractivity contribution in [2.75, 3.05) is 13.1 Å². The molecule has 0 bridgehead atoms. The highest BCUT2D eigenvalue weighted by molar-refractivity contribution is 6.35. The zero-order valence-corrected chi connectivity index (χ0v) is 16.8. The number of aromatic nitrogens is 1. The maximum atomic E-state index is 13.4. The van der Waals surface area contributed by atoms with E-state index >= 15 is 0 Å². The average Bonchev–Trinajstić information content (AvgIpc) is 3.38. The molecule has 0 saturated heterocycles. The predicted octanol–water partition coefficient (Wildman–Crippen LogP) is 3.52. The molecule has 1 aliphatic heterocycles. The van der Waals surface area contributed by atoms with Crippen molar-refractivity contribution < 1.29 is 14.0 Å². The second-order valence-corrected chi connectivity index (χ2v) is 7.05. The third kappa shape index (κ3) is 3.89. The number of amides is 2. The number of rotatable bonds is 8. The van der Waals surface area contributed by atoms with Gasteiger partial charge < -0.3 is 9.32 Å². The number of furan rings is 1. The van der Waals surface area contributed by atoms with Crippen LogP contribution in [0, 0.1) is 0 Å². The van der Waals surface area contributed by atoms with Crippen LogP contribution in [0.2, 0.25) is 0 Å². The number of likely N-dealkylation sites (N-methyl/N-ethyl adjacent to an activating group) is 1. The van der Waals surface area contributed by atoms with Gasteiger partial charge in [-0.05, 0) is 48.7 Å². The highest BCUT2D eigenvalue weighted by Crippen LogP contribution is 2.32. The first-order valence-corrected chi connectivity index (χ1v) is 10.0.